The van der Waals surface area contributed by atoms with Crippen LogP contribution in [0.2, 0.25) is 0 Å². The minimum absolute atomic E-state index is 0.364. The molecule has 0 amide bonds. The van der Waals surface area contributed by atoms with Crippen molar-refractivity contribution in [2.45, 2.75) is 13.3 Å². The van der Waals surface area contributed by atoms with Crippen molar-refractivity contribution in [3.63, 3.8) is 0 Å². The molecule has 0 saturated carbocycles. The van der Waals surface area contributed by atoms with Crippen LogP contribution in [0.4, 0.5) is 0 Å². The predicted molar refractivity (Wildman–Crippen MR) is 45.2 cm³/mol. The predicted octanol–water partition coefficient (Wildman–Crippen LogP) is 1.22. The van der Waals surface area contributed by atoms with Crippen LogP contribution in [0, 0.1) is 0 Å². The van der Waals surface area contributed by atoms with E-state index in [4.69, 9.17) is 4.74 Å². The highest BCUT2D eigenvalue weighted by molar-refractivity contribution is 5.56. The summed E-state index contributed by atoms with van der Waals surface area (Å²) in [6.45, 7) is 2.46. The first-order valence-electron chi connectivity index (χ1n) is 3.88. The lowest BCUT2D eigenvalue weighted by molar-refractivity contribution is -0.107. The zero-order valence-corrected chi connectivity index (χ0v) is 6.99. The second-order valence-electron chi connectivity index (χ2n) is 2.27. The maximum Gasteiger partial charge on any atom is 0.216 e. The largest absolute Gasteiger partial charge is 0.478 e. The van der Waals surface area contributed by atoms with E-state index < -0.39 is 0 Å². The summed E-state index contributed by atoms with van der Waals surface area (Å²) in [6.07, 6.45) is 2.86. The number of carbonyl (C=O) groups is 1. The molecule has 0 unspecified atom stereocenters. The van der Waals surface area contributed by atoms with Gasteiger partial charge in [0.2, 0.25) is 5.88 Å². The fraction of sp³-hybridized carbons (Fsp3) is 0.333. The first-order chi connectivity index (χ1) is 5.88. The molecule has 0 aliphatic heterocycles. The summed E-state index contributed by atoms with van der Waals surface area (Å²) in [6, 6.07) is 3.63. The van der Waals surface area contributed by atoms with Gasteiger partial charge in [-0.3, -0.25) is 0 Å². The number of nitrogens with zero attached hydrogens (tertiary/aromatic N) is 1. The van der Waals surface area contributed by atoms with Crippen molar-refractivity contribution in [3.8, 4) is 5.88 Å². The number of hydrogen-bond acceptors (Lipinski definition) is 3. The highest BCUT2D eigenvalue weighted by Gasteiger charge is 2.01. The van der Waals surface area contributed by atoms with Gasteiger partial charge in [-0.2, -0.15) is 0 Å². The van der Waals surface area contributed by atoms with Crippen LogP contribution in [-0.2, 0) is 11.2 Å². The third-order valence-corrected chi connectivity index (χ3v) is 1.43. The third kappa shape index (κ3) is 2.05. The number of hydrogen-bond donors (Lipinski definition) is 0. The van der Waals surface area contributed by atoms with E-state index in [1.807, 2.05) is 13.0 Å². The molecule has 0 spiro atoms. The van der Waals surface area contributed by atoms with E-state index in [1.54, 1.807) is 12.3 Å². The fourth-order valence-corrected chi connectivity index (χ4v) is 0.936. The van der Waals surface area contributed by atoms with E-state index >= 15 is 0 Å². The van der Waals surface area contributed by atoms with Crippen molar-refractivity contribution in [3.05, 3.63) is 23.9 Å². The van der Waals surface area contributed by atoms with E-state index in [9.17, 15) is 4.79 Å². The van der Waals surface area contributed by atoms with Gasteiger partial charge in [0.25, 0.3) is 0 Å². The molecule has 0 atom stereocenters. The van der Waals surface area contributed by atoms with Crippen LogP contribution in [0.1, 0.15) is 12.5 Å². The van der Waals surface area contributed by atoms with Gasteiger partial charge in [0.15, 0.2) is 0 Å². The first-order valence-corrected chi connectivity index (χ1v) is 3.88. The average Bonchev–Trinajstić information content (AvgIpc) is 2.09. The molecule has 3 nitrogen and oxygen atoms in total. The molecule has 1 aromatic heterocycles. The minimum Gasteiger partial charge on any atom is -0.478 e. The number of aromatic nitrogens is 1. The molecule has 64 valence electrons. The summed E-state index contributed by atoms with van der Waals surface area (Å²) < 4.78 is 5.22. The van der Waals surface area contributed by atoms with Crippen LogP contribution in [0.5, 0.6) is 5.88 Å². The van der Waals surface area contributed by atoms with Crippen LogP contribution in [0.3, 0.4) is 0 Å². The molecule has 12 heavy (non-hydrogen) atoms. The molecule has 0 radical (unpaired) electrons. The topological polar surface area (TPSA) is 39.2 Å². The number of aldehydes is 1. The monoisotopic (exact) mass is 165 g/mol. The Kier molecular flexibility index (Phi) is 3.26. The number of ether oxygens (including phenoxy) is 1. The molecule has 0 N–H and O–H groups in total. The maximum absolute atomic E-state index is 10.2. The lowest BCUT2D eigenvalue weighted by Gasteiger charge is -2.04. The molecular weight excluding hydrogens is 154 g/mol. The van der Waals surface area contributed by atoms with Gasteiger partial charge in [0.05, 0.1) is 6.61 Å². The Morgan fingerprint density at radius 2 is 2.50 bits per heavy atom. The first kappa shape index (κ1) is 8.71. The van der Waals surface area contributed by atoms with Crippen LogP contribution >= 0.6 is 0 Å². The second kappa shape index (κ2) is 4.49. The normalized spacial score (nSPS) is 9.42. The van der Waals surface area contributed by atoms with E-state index in [0.717, 1.165) is 11.8 Å². The number of carbonyl (C=O) groups excluding carboxylic acids is 1. The summed E-state index contributed by atoms with van der Waals surface area (Å²) in [5.41, 5.74) is 0.842. The van der Waals surface area contributed by atoms with Gasteiger partial charge < -0.3 is 9.53 Å². The highest BCUT2D eigenvalue weighted by Crippen LogP contribution is 2.13. The van der Waals surface area contributed by atoms with Gasteiger partial charge >= 0.3 is 0 Å². The average molecular weight is 165 g/mol. The summed E-state index contributed by atoms with van der Waals surface area (Å²) >= 11 is 0. The summed E-state index contributed by atoms with van der Waals surface area (Å²) in [5.74, 6) is 0.562. The quantitative estimate of drug-likeness (QED) is 0.630. The molecule has 0 fully saturated rings. The van der Waals surface area contributed by atoms with Crippen molar-refractivity contribution in [1.82, 2.24) is 4.98 Å². The molecule has 1 rings (SSSR count). The summed E-state index contributed by atoms with van der Waals surface area (Å²) in [4.78, 5) is 14.3. The maximum atomic E-state index is 10.2. The van der Waals surface area contributed by atoms with Gasteiger partial charge in [-0.15, -0.1) is 0 Å². The molecule has 1 aromatic rings. The fourth-order valence-electron chi connectivity index (χ4n) is 0.936. The van der Waals surface area contributed by atoms with Gasteiger partial charge in [0.1, 0.15) is 6.29 Å². The van der Waals surface area contributed by atoms with Crippen molar-refractivity contribution >= 4 is 6.29 Å². The van der Waals surface area contributed by atoms with Gasteiger partial charge in [-0.1, -0.05) is 6.07 Å². The Labute approximate surface area is 71.4 Å². The minimum atomic E-state index is 0.364. The zero-order valence-electron chi connectivity index (χ0n) is 6.99. The van der Waals surface area contributed by atoms with Crippen molar-refractivity contribution in [2.24, 2.45) is 0 Å². The molecule has 0 aliphatic carbocycles. The Balaban J connectivity index is 2.83. The lowest BCUT2D eigenvalue weighted by atomic mass is 10.2. The molecule has 0 bridgehead atoms. The van der Waals surface area contributed by atoms with Gasteiger partial charge in [-0.05, 0) is 13.0 Å². The van der Waals surface area contributed by atoms with E-state index in [-0.39, 0.29) is 0 Å². The number of pyridine rings is 1. The van der Waals surface area contributed by atoms with Gasteiger partial charge in [-0.25, -0.2) is 4.98 Å². The summed E-state index contributed by atoms with van der Waals surface area (Å²) in [5, 5.41) is 0. The smallest absolute Gasteiger partial charge is 0.216 e. The standard InChI is InChI=1S/C9H11NO2/c1-2-12-9-8(5-7-11)4-3-6-10-9/h3-4,6-7H,2,5H2,1H3. The van der Waals surface area contributed by atoms with Crippen LogP contribution < -0.4 is 4.74 Å². The SMILES string of the molecule is CCOc1ncccc1CC=O. The van der Waals surface area contributed by atoms with Crippen molar-refractivity contribution < 1.29 is 9.53 Å². The molecule has 0 saturated heterocycles. The van der Waals surface area contributed by atoms with Gasteiger partial charge in [0, 0.05) is 18.2 Å². The summed E-state index contributed by atoms with van der Waals surface area (Å²) in [7, 11) is 0. The van der Waals surface area contributed by atoms with Crippen LogP contribution in [0.25, 0.3) is 0 Å². The molecule has 3 heteroatoms. The van der Waals surface area contributed by atoms with E-state index in [1.165, 1.54) is 0 Å². The zero-order chi connectivity index (χ0) is 8.81. The molecule has 0 aromatic carbocycles. The second-order valence-corrected chi connectivity index (χ2v) is 2.27. The Bertz CT molecular complexity index is 260. The number of rotatable bonds is 4. The van der Waals surface area contributed by atoms with E-state index in [0.29, 0.717) is 18.9 Å². The van der Waals surface area contributed by atoms with Crippen molar-refractivity contribution in [2.75, 3.05) is 6.61 Å². The van der Waals surface area contributed by atoms with Crippen molar-refractivity contribution in [1.29, 1.82) is 0 Å². The molecule has 0 aliphatic rings. The molecule has 1 heterocycles. The Morgan fingerprint density at radius 1 is 1.67 bits per heavy atom. The molecular formula is C9H11NO2. The van der Waals surface area contributed by atoms with Crippen LogP contribution in [-0.4, -0.2) is 17.9 Å². The lowest BCUT2D eigenvalue weighted by Crippen LogP contribution is -1.99. The van der Waals surface area contributed by atoms with Crippen LogP contribution in [0.15, 0.2) is 18.3 Å². The van der Waals surface area contributed by atoms with E-state index in [2.05, 4.69) is 4.98 Å². The Morgan fingerprint density at radius 3 is 3.17 bits per heavy atom. The third-order valence-electron chi connectivity index (χ3n) is 1.43. The Hall–Kier alpha value is -1.38. The highest BCUT2D eigenvalue weighted by atomic mass is 16.5.